The van der Waals surface area contributed by atoms with Gasteiger partial charge in [0.15, 0.2) is 0 Å². The predicted molar refractivity (Wildman–Crippen MR) is 111 cm³/mol. The highest BCUT2D eigenvalue weighted by Gasteiger charge is 2.59. The van der Waals surface area contributed by atoms with E-state index in [9.17, 15) is 9.59 Å². The van der Waals surface area contributed by atoms with Crippen LogP contribution in [0.1, 0.15) is 23.0 Å². The molecule has 5 heteroatoms. The second-order valence-corrected chi connectivity index (χ2v) is 8.23. The third-order valence-electron chi connectivity index (χ3n) is 6.60. The van der Waals surface area contributed by atoms with Gasteiger partial charge in [0.05, 0.1) is 52.2 Å². The van der Waals surface area contributed by atoms with Gasteiger partial charge in [0, 0.05) is 11.8 Å². The van der Waals surface area contributed by atoms with Gasteiger partial charge in [-0.2, -0.15) is 0 Å². The van der Waals surface area contributed by atoms with Crippen LogP contribution in [-0.2, 0) is 14.3 Å². The summed E-state index contributed by atoms with van der Waals surface area (Å²) in [6.07, 6.45) is 0. The molecule has 1 amide bonds. The Balaban J connectivity index is 1.72. The van der Waals surface area contributed by atoms with Crippen LogP contribution in [0.3, 0.4) is 0 Å². The Labute approximate surface area is 172 Å². The standard InChI is InChI=1S/C24H28N2O3/c1-25-13-15-26(16-14-25)23(27)21-19(17-9-5-3-6-10-17)22(24(28)29-2)20(21)18-11-7-4-8-12-18/h3-12,19-22H,13-16H2,1-2H3/p+1/t19-,20-,21?,22?/m0/s1. The minimum absolute atomic E-state index is 0.159. The average molecular weight is 394 g/mol. The molecule has 1 saturated heterocycles. The van der Waals surface area contributed by atoms with E-state index in [0.29, 0.717) is 0 Å². The van der Waals surface area contributed by atoms with Crippen molar-refractivity contribution in [2.75, 3.05) is 40.3 Å². The summed E-state index contributed by atoms with van der Waals surface area (Å²) in [4.78, 5) is 29.9. The number of ether oxygens (including phenoxy) is 1. The topological polar surface area (TPSA) is 51.1 Å². The van der Waals surface area contributed by atoms with Crippen molar-refractivity contribution in [2.45, 2.75) is 11.8 Å². The van der Waals surface area contributed by atoms with E-state index in [4.69, 9.17) is 4.74 Å². The lowest BCUT2D eigenvalue weighted by atomic mass is 9.52. The highest BCUT2D eigenvalue weighted by atomic mass is 16.5. The Hall–Kier alpha value is -2.66. The van der Waals surface area contributed by atoms with Crippen LogP contribution < -0.4 is 4.90 Å². The van der Waals surface area contributed by atoms with Crippen LogP contribution in [-0.4, -0.2) is 57.1 Å². The Morgan fingerprint density at radius 1 is 0.862 bits per heavy atom. The summed E-state index contributed by atoms with van der Waals surface area (Å²) in [5.41, 5.74) is 2.07. The molecule has 29 heavy (non-hydrogen) atoms. The molecule has 0 spiro atoms. The molecule has 2 aliphatic rings. The third-order valence-corrected chi connectivity index (χ3v) is 6.60. The molecular formula is C24H29N2O3+. The number of nitrogens with zero attached hydrogens (tertiary/aromatic N) is 1. The van der Waals surface area contributed by atoms with E-state index < -0.39 is 0 Å². The molecule has 2 aromatic rings. The number of likely N-dealkylation sites (N-methyl/N-ethyl adjacent to an activating group) is 1. The molecule has 0 bridgehead atoms. The average Bonchev–Trinajstić information content (AvgIpc) is 2.75. The first-order valence-corrected chi connectivity index (χ1v) is 10.4. The number of methoxy groups -OCH3 is 1. The number of piperazine rings is 1. The van der Waals surface area contributed by atoms with E-state index in [0.717, 1.165) is 37.3 Å². The molecule has 2 atom stereocenters. The number of benzene rings is 2. The van der Waals surface area contributed by atoms with Crippen molar-refractivity contribution in [3.63, 3.8) is 0 Å². The first-order chi connectivity index (χ1) is 14.1. The van der Waals surface area contributed by atoms with Crippen LogP contribution in [0.2, 0.25) is 0 Å². The first kappa shape index (κ1) is 19.6. The van der Waals surface area contributed by atoms with Crippen LogP contribution in [0, 0.1) is 11.8 Å². The number of quaternary nitrogens is 1. The lowest BCUT2D eigenvalue weighted by Gasteiger charge is -2.51. The predicted octanol–water partition coefficient (Wildman–Crippen LogP) is 1.33. The number of hydrogen-bond donors (Lipinski definition) is 1. The second-order valence-electron chi connectivity index (χ2n) is 8.23. The van der Waals surface area contributed by atoms with Crippen molar-refractivity contribution in [1.29, 1.82) is 0 Å². The fourth-order valence-electron chi connectivity index (χ4n) is 4.98. The molecule has 5 nitrogen and oxygen atoms in total. The summed E-state index contributed by atoms with van der Waals surface area (Å²) in [6.45, 7) is 3.47. The van der Waals surface area contributed by atoms with Gasteiger partial charge >= 0.3 is 5.97 Å². The van der Waals surface area contributed by atoms with E-state index >= 15 is 0 Å². The minimum Gasteiger partial charge on any atom is -0.469 e. The van der Waals surface area contributed by atoms with E-state index in [2.05, 4.69) is 7.05 Å². The second kappa shape index (κ2) is 8.37. The summed E-state index contributed by atoms with van der Waals surface area (Å²) in [5.74, 6) is -0.985. The van der Waals surface area contributed by atoms with Gasteiger partial charge in [0.1, 0.15) is 0 Å². The van der Waals surface area contributed by atoms with Gasteiger partial charge in [-0.05, 0) is 11.1 Å². The van der Waals surface area contributed by atoms with Crippen molar-refractivity contribution < 1.29 is 19.2 Å². The van der Waals surface area contributed by atoms with Crippen LogP contribution in [0.4, 0.5) is 0 Å². The fourth-order valence-corrected chi connectivity index (χ4v) is 4.98. The molecule has 0 radical (unpaired) electrons. The zero-order valence-electron chi connectivity index (χ0n) is 17.1. The van der Waals surface area contributed by atoms with Crippen molar-refractivity contribution in [1.82, 2.24) is 4.90 Å². The van der Waals surface area contributed by atoms with Gasteiger partial charge in [0.25, 0.3) is 0 Å². The highest BCUT2D eigenvalue weighted by molar-refractivity contribution is 5.88. The molecule has 2 fully saturated rings. The van der Waals surface area contributed by atoms with Crippen molar-refractivity contribution >= 4 is 11.9 Å². The van der Waals surface area contributed by atoms with Crippen molar-refractivity contribution in [2.24, 2.45) is 11.8 Å². The molecule has 2 aromatic carbocycles. The van der Waals surface area contributed by atoms with Crippen molar-refractivity contribution in [3.8, 4) is 0 Å². The summed E-state index contributed by atoms with van der Waals surface area (Å²) in [5, 5.41) is 0. The smallest absolute Gasteiger partial charge is 0.309 e. The molecular weight excluding hydrogens is 364 g/mol. The monoisotopic (exact) mass is 393 g/mol. The van der Waals surface area contributed by atoms with E-state index in [1.54, 1.807) is 0 Å². The summed E-state index contributed by atoms with van der Waals surface area (Å²) < 4.78 is 5.18. The lowest BCUT2D eigenvalue weighted by molar-refractivity contribution is -0.883. The van der Waals surface area contributed by atoms with Crippen LogP contribution in [0.15, 0.2) is 60.7 Å². The maximum Gasteiger partial charge on any atom is 0.309 e. The van der Waals surface area contributed by atoms with Crippen LogP contribution >= 0.6 is 0 Å². The Kier molecular flexibility index (Phi) is 5.67. The molecule has 152 valence electrons. The summed E-state index contributed by atoms with van der Waals surface area (Å²) in [7, 11) is 3.60. The zero-order chi connectivity index (χ0) is 20.4. The molecule has 0 unspecified atom stereocenters. The van der Waals surface area contributed by atoms with Gasteiger partial charge in [-0.3, -0.25) is 9.59 Å². The molecule has 0 aromatic heterocycles. The van der Waals surface area contributed by atoms with Gasteiger partial charge in [-0.25, -0.2) is 0 Å². The van der Waals surface area contributed by atoms with E-state index in [1.807, 2.05) is 65.6 Å². The van der Waals surface area contributed by atoms with Crippen LogP contribution in [0.5, 0.6) is 0 Å². The molecule has 1 heterocycles. The van der Waals surface area contributed by atoms with Gasteiger partial charge in [-0.15, -0.1) is 0 Å². The Morgan fingerprint density at radius 2 is 1.34 bits per heavy atom. The maximum atomic E-state index is 13.7. The van der Waals surface area contributed by atoms with Gasteiger partial charge < -0.3 is 14.5 Å². The molecule has 1 aliphatic heterocycles. The number of carbonyl (C=O) groups is 2. The zero-order valence-corrected chi connectivity index (χ0v) is 17.1. The fraction of sp³-hybridized carbons (Fsp3) is 0.417. The quantitative estimate of drug-likeness (QED) is 0.798. The summed E-state index contributed by atoms with van der Waals surface area (Å²) in [6, 6.07) is 19.9. The molecule has 4 rings (SSSR count). The molecule has 1 aliphatic carbocycles. The Bertz CT molecular complexity index is 799. The SMILES string of the molecule is COC(=O)C1[C@@H](c2ccccc2)C(C(=O)N2CC[NH+](C)CC2)[C@@H]1c1ccccc1. The third kappa shape index (κ3) is 3.67. The number of rotatable bonds is 4. The molecule has 1 saturated carbocycles. The van der Waals surface area contributed by atoms with E-state index in [1.165, 1.54) is 12.0 Å². The van der Waals surface area contributed by atoms with Gasteiger partial charge in [-0.1, -0.05) is 60.7 Å². The van der Waals surface area contributed by atoms with Crippen LogP contribution in [0.25, 0.3) is 0 Å². The van der Waals surface area contributed by atoms with Gasteiger partial charge in [0.2, 0.25) is 5.91 Å². The number of esters is 1. The number of carbonyl (C=O) groups excluding carboxylic acids is 2. The minimum atomic E-state index is -0.350. The highest BCUT2D eigenvalue weighted by Crippen LogP contribution is 2.58. The largest absolute Gasteiger partial charge is 0.469 e. The number of amides is 1. The maximum absolute atomic E-state index is 13.7. The summed E-state index contributed by atoms with van der Waals surface area (Å²) >= 11 is 0. The Morgan fingerprint density at radius 3 is 1.79 bits per heavy atom. The lowest BCUT2D eigenvalue weighted by Crippen LogP contribution is -3.12. The molecule has 1 N–H and O–H groups in total. The number of nitrogens with one attached hydrogen (secondary N) is 1. The van der Waals surface area contributed by atoms with Crippen molar-refractivity contribution in [3.05, 3.63) is 71.8 Å². The first-order valence-electron chi connectivity index (χ1n) is 10.4. The van der Waals surface area contributed by atoms with E-state index in [-0.39, 0.29) is 35.5 Å². The normalized spacial score (nSPS) is 27.2. The number of hydrogen-bond acceptors (Lipinski definition) is 3.